The molecule has 6 heteroatoms. The van der Waals surface area contributed by atoms with Crippen molar-refractivity contribution in [2.75, 3.05) is 0 Å². The average Bonchev–Trinajstić information content (AvgIpc) is 3.26. The molecule has 0 radical (unpaired) electrons. The van der Waals surface area contributed by atoms with Gasteiger partial charge in [0.05, 0.1) is 22.2 Å². The Morgan fingerprint density at radius 3 is 1.35 bits per heavy atom. The Hall–Kier alpha value is -7.44. The number of rotatable bonds is 6. The third kappa shape index (κ3) is 5.82. The van der Waals surface area contributed by atoms with E-state index in [4.69, 9.17) is 24.9 Å². The number of nitrogens with zero attached hydrogens (tertiary/aromatic N) is 6. The van der Waals surface area contributed by atoms with Gasteiger partial charge >= 0.3 is 0 Å². The van der Waals surface area contributed by atoms with Crippen LogP contribution < -0.4 is 0 Å². The summed E-state index contributed by atoms with van der Waals surface area (Å²) in [5, 5.41) is 3.19. The van der Waals surface area contributed by atoms with Gasteiger partial charge in [0.15, 0.2) is 17.5 Å². The van der Waals surface area contributed by atoms with Gasteiger partial charge in [-0.1, -0.05) is 146 Å². The van der Waals surface area contributed by atoms with E-state index in [1.54, 1.807) is 6.20 Å². The maximum absolute atomic E-state index is 5.03. The second-order valence-corrected chi connectivity index (χ2v) is 13.2. The molecule has 0 unspecified atom stereocenters. The van der Waals surface area contributed by atoms with Crippen LogP contribution in [0.4, 0.5) is 0 Å². The van der Waals surface area contributed by atoms with Crippen LogP contribution in [0.2, 0.25) is 0 Å². The number of hydrogen-bond donors (Lipinski definition) is 0. The summed E-state index contributed by atoms with van der Waals surface area (Å²) in [6.07, 6.45) is 3.63. The van der Waals surface area contributed by atoms with E-state index in [1.807, 2.05) is 36.5 Å². The molecular weight excluding hydrogens is 661 g/mol. The van der Waals surface area contributed by atoms with Crippen molar-refractivity contribution < 1.29 is 0 Å². The first-order valence-electron chi connectivity index (χ1n) is 17.9. The SMILES string of the molecule is c1ccc(-c2ccc(-c3nc(-c4ccc(-c5ccc(-c6ccc7ccc8cccnc8c7n6)cc5)cc4)nc(-c4cccc5cccnc45)n3)cc2)cc1. The van der Waals surface area contributed by atoms with E-state index in [2.05, 4.69) is 145 Å². The lowest BCUT2D eigenvalue weighted by Gasteiger charge is -2.11. The zero-order valence-electron chi connectivity index (χ0n) is 29.0. The Balaban J connectivity index is 0.993. The van der Waals surface area contributed by atoms with Crippen LogP contribution in [-0.2, 0) is 0 Å². The van der Waals surface area contributed by atoms with Crippen molar-refractivity contribution >= 4 is 32.7 Å². The van der Waals surface area contributed by atoms with E-state index in [1.165, 1.54) is 0 Å². The number of para-hydroxylation sites is 1. The van der Waals surface area contributed by atoms with Crippen molar-refractivity contribution in [2.45, 2.75) is 0 Å². The monoisotopic (exact) mass is 690 g/mol. The van der Waals surface area contributed by atoms with Gasteiger partial charge < -0.3 is 0 Å². The number of fused-ring (bicyclic) bond motifs is 4. The Morgan fingerprint density at radius 1 is 0.259 bits per heavy atom. The minimum Gasteiger partial charge on any atom is -0.255 e. The van der Waals surface area contributed by atoms with Gasteiger partial charge in [-0.05, 0) is 46.5 Å². The van der Waals surface area contributed by atoms with Crippen molar-refractivity contribution in [1.29, 1.82) is 0 Å². The highest BCUT2D eigenvalue weighted by molar-refractivity contribution is 6.03. The number of benzene rings is 6. The summed E-state index contributed by atoms with van der Waals surface area (Å²) in [6.45, 7) is 0. The first-order valence-corrected chi connectivity index (χ1v) is 17.9. The number of aromatic nitrogens is 6. The molecule has 4 aromatic heterocycles. The zero-order valence-corrected chi connectivity index (χ0v) is 29.0. The van der Waals surface area contributed by atoms with Crippen molar-refractivity contribution in [3.63, 3.8) is 0 Å². The van der Waals surface area contributed by atoms with Crippen LogP contribution in [0.5, 0.6) is 0 Å². The van der Waals surface area contributed by atoms with E-state index in [-0.39, 0.29) is 0 Å². The van der Waals surface area contributed by atoms with Crippen LogP contribution in [-0.4, -0.2) is 29.9 Å². The molecule has 0 N–H and O–H groups in total. The topological polar surface area (TPSA) is 77.3 Å². The maximum atomic E-state index is 5.03. The summed E-state index contributed by atoms with van der Waals surface area (Å²) in [5.74, 6) is 1.78. The van der Waals surface area contributed by atoms with Crippen LogP contribution >= 0.6 is 0 Å². The van der Waals surface area contributed by atoms with E-state index < -0.39 is 0 Å². The number of hydrogen-bond acceptors (Lipinski definition) is 6. The van der Waals surface area contributed by atoms with Crippen molar-refractivity contribution in [3.8, 4) is 67.7 Å². The molecule has 0 saturated heterocycles. The van der Waals surface area contributed by atoms with Gasteiger partial charge in [0.1, 0.15) is 0 Å². The summed E-state index contributed by atoms with van der Waals surface area (Å²) >= 11 is 0. The van der Waals surface area contributed by atoms with E-state index >= 15 is 0 Å². The molecule has 6 nitrogen and oxygen atoms in total. The second kappa shape index (κ2) is 13.3. The van der Waals surface area contributed by atoms with Crippen LogP contribution in [0.25, 0.3) is 100 Å². The largest absolute Gasteiger partial charge is 0.255 e. The molecular formula is C48H30N6. The van der Waals surface area contributed by atoms with Crippen LogP contribution in [0, 0.1) is 0 Å². The minimum atomic E-state index is 0.581. The first kappa shape index (κ1) is 31.3. The molecule has 0 saturated carbocycles. The predicted octanol–water partition coefficient (Wildman–Crippen LogP) is 11.5. The second-order valence-electron chi connectivity index (χ2n) is 13.2. The summed E-state index contributed by atoms with van der Waals surface area (Å²) in [5.41, 5.74) is 11.8. The smallest absolute Gasteiger partial charge is 0.166 e. The lowest BCUT2D eigenvalue weighted by Crippen LogP contribution is -2.01. The summed E-state index contributed by atoms with van der Waals surface area (Å²) in [6, 6.07) is 58.2. The fourth-order valence-corrected chi connectivity index (χ4v) is 7.01. The predicted molar refractivity (Wildman–Crippen MR) is 218 cm³/mol. The van der Waals surface area contributed by atoms with Crippen molar-refractivity contribution in [1.82, 2.24) is 29.9 Å². The molecule has 0 atom stereocenters. The van der Waals surface area contributed by atoms with Crippen LogP contribution in [0.1, 0.15) is 0 Å². The lowest BCUT2D eigenvalue weighted by molar-refractivity contribution is 1.07. The van der Waals surface area contributed by atoms with Gasteiger partial charge in [-0.3, -0.25) is 9.97 Å². The van der Waals surface area contributed by atoms with Gasteiger partial charge in [0.2, 0.25) is 0 Å². The van der Waals surface area contributed by atoms with Crippen molar-refractivity contribution in [2.24, 2.45) is 0 Å². The highest BCUT2D eigenvalue weighted by Crippen LogP contribution is 2.32. The summed E-state index contributed by atoms with van der Waals surface area (Å²) < 4.78 is 0. The minimum absolute atomic E-state index is 0.581. The molecule has 0 bridgehead atoms. The van der Waals surface area contributed by atoms with E-state index in [9.17, 15) is 0 Å². The average molecular weight is 691 g/mol. The highest BCUT2D eigenvalue weighted by Gasteiger charge is 2.15. The summed E-state index contributed by atoms with van der Waals surface area (Å²) in [4.78, 5) is 29.4. The zero-order chi connectivity index (χ0) is 35.8. The Labute approximate surface area is 311 Å². The molecule has 10 rings (SSSR count). The fourth-order valence-electron chi connectivity index (χ4n) is 7.01. The molecule has 10 aromatic rings. The standard InChI is InChI=1S/C48H30N6/c1-2-7-31(8-3-1)32-15-23-39(24-16-32)46-52-47(54-48(53-46)41-12-4-9-36-10-5-29-49-43(36)41)40-25-17-34(18-26-40)33-13-19-35(20-14-33)42-28-27-38-22-21-37-11-6-30-50-44(37)45(38)51-42/h1-30H. The molecule has 0 fully saturated rings. The quantitative estimate of drug-likeness (QED) is 0.162. The molecule has 0 spiro atoms. The van der Waals surface area contributed by atoms with E-state index in [0.717, 1.165) is 82.9 Å². The Kier molecular flexibility index (Phi) is 7.69. The molecule has 252 valence electrons. The molecule has 6 aromatic carbocycles. The fraction of sp³-hybridized carbons (Fsp3) is 0. The molecule has 0 amide bonds. The molecule has 0 aliphatic carbocycles. The molecule has 0 aliphatic heterocycles. The van der Waals surface area contributed by atoms with E-state index in [0.29, 0.717) is 17.5 Å². The highest BCUT2D eigenvalue weighted by atomic mass is 15.0. The lowest BCUT2D eigenvalue weighted by atomic mass is 10.0. The third-order valence-electron chi connectivity index (χ3n) is 9.85. The molecule has 54 heavy (non-hydrogen) atoms. The summed E-state index contributed by atoms with van der Waals surface area (Å²) in [7, 11) is 0. The van der Waals surface area contributed by atoms with Gasteiger partial charge in [0.25, 0.3) is 0 Å². The van der Waals surface area contributed by atoms with Crippen molar-refractivity contribution in [3.05, 3.63) is 182 Å². The normalized spacial score (nSPS) is 11.3. The number of pyridine rings is 3. The van der Waals surface area contributed by atoms with Crippen LogP contribution in [0.15, 0.2) is 182 Å². The van der Waals surface area contributed by atoms with Gasteiger partial charge in [-0.25, -0.2) is 19.9 Å². The first-order chi connectivity index (χ1) is 26.7. The Bertz CT molecular complexity index is 2960. The maximum Gasteiger partial charge on any atom is 0.166 e. The van der Waals surface area contributed by atoms with Crippen LogP contribution in [0.3, 0.4) is 0 Å². The van der Waals surface area contributed by atoms with Gasteiger partial charge in [0, 0.05) is 50.8 Å². The molecule has 0 aliphatic rings. The molecule has 4 heterocycles. The third-order valence-corrected chi connectivity index (χ3v) is 9.85. The van der Waals surface area contributed by atoms with Gasteiger partial charge in [-0.15, -0.1) is 0 Å². The van der Waals surface area contributed by atoms with Gasteiger partial charge in [-0.2, -0.15) is 0 Å². The Morgan fingerprint density at radius 2 is 0.722 bits per heavy atom.